The summed E-state index contributed by atoms with van der Waals surface area (Å²) in [6, 6.07) is 0. The molecule has 0 nitrogen and oxygen atoms in total. The van der Waals surface area contributed by atoms with Gasteiger partial charge in [0.05, 0.1) is 0 Å². The molecule has 0 bridgehead atoms. The normalized spacial score (nSPS) is 31.5. The molecule has 0 radical (unpaired) electrons. The molecular weight excluding hydrogens is 191 g/mol. The van der Waals surface area contributed by atoms with E-state index in [4.69, 9.17) is 23.2 Å². The van der Waals surface area contributed by atoms with Gasteiger partial charge in [-0.05, 0) is 24.7 Å². The summed E-state index contributed by atoms with van der Waals surface area (Å²) in [6.45, 7) is 8.72. The topological polar surface area (TPSA) is 0 Å². The molecule has 72 valence electrons. The fourth-order valence-corrected chi connectivity index (χ4v) is 1.43. The predicted molar refractivity (Wildman–Crippen MR) is 55.9 cm³/mol. The minimum Gasteiger partial charge on any atom is -0.101 e. The highest BCUT2D eigenvalue weighted by Gasteiger charge is 2.59. The second-order valence-electron chi connectivity index (χ2n) is 5.43. The van der Waals surface area contributed by atoms with Crippen molar-refractivity contribution in [1.29, 1.82) is 0 Å². The van der Waals surface area contributed by atoms with Gasteiger partial charge >= 0.3 is 0 Å². The molecular formula is C10H18Cl2. The zero-order valence-corrected chi connectivity index (χ0v) is 9.89. The summed E-state index contributed by atoms with van der Waals surface area (Å²) in [5.74, 6) is 0. The molecule has 0 aromatic rings. The van der Waals surface area contributed by atoms with Crippen LogP contribution in [0.25, 0.3) is 0 Å². The highest BCUT2D eigenvalue weighted by molar-refractivity contribution is 6.51. The zero-order valence-electron chi connectivity index (χ0n) is 8.38. The van der Waals surface area contributed by atoms with Crippen molar-refractivity contribution in [2.45, 2.75) is 51.3 Å². The molecule has 0 saturated heterocycles. The number of rotatable bonds is 0. The molecule has 0 N–H and O–H groups in total. The molecule has 2 rings (SSSR count). The van der Waals surface area contributed by atoms with Crippen molar-refractivity contribution < 1.29 is 0 Å². The third-order valence-electron chi connectivity index (χ3n) is 2.78. The van der Waals surface area contributed by atoms with E-state index in [1.54, 1.807) is 0 Å². The van der Waals surface area contributed by atoms with Crippen molar-refractivity contribution in [3.63, 3.8) is 0 Å². The van der Waals surface area contributed by atoms with Crippen molar-refractivity contribution >= 4 is 23.2 Å². The highest BCUT2D eigenvalue weighted by Crippen LogP contribution is 2.63. The van der Waals surface area contributed by atoms with E-state index in [0.29, 0.717) is 0 Å². The van der Waals surface area contributed by atoms with Gasteiger partial charge in [0, 0.05) is 5.41 Å². The minimum atomic E-state index is -0.410. The molecule has 0 aromatic carbocycles. The van der Waals surface area contributed by atoms with Gasteiger partial charge < -0.3 is 0 Å². The lowest BCUT2D eigenvalue weighted by molar-refractivity contribution is 0.641. The van der Waals surface area contributed by atoms with Crippen LogP contribution in [0.3, 0.4) is 0 Å². The van der Waals surface area contributed by atoms with Crippen molar-refractivity contribution in [1.82, 2.24) is 0 Å². The van der Waals surface area contributed by atoms with Gasteiger partial charge in [0.15, 0.2) is 0 Å². The van der Waals surface area contributed by atoms with E-state index in [9.17, 15) is 0 Å². The van der Waals surface area contributed by atoms with Gasteiger partial charge in [-0.25, -0.2) is 0 Å². The fourth-order valence-electron chi connectivity index (χ4n) is 0.761. The standard InChI is InChI=1S/C5H8Cl2.C5H10/c1-4(2)3-5(4,6)7;1-5(2)3-4-5/h3H2,1-2H3;3-4H2,1-2H3. The molecule has 0 spiro atoms. The Labute approximate surface area is 85.6 Å². The minimum absolute atomic E-state index is 0.177. The maximum atomic E-state index is 5.70. The summed E-state index contributed by atoms with van der Waals surface area (Å²) in [7, 11) is 0. The smallest absolute Gasteiger partial charge is 0.101 e. The summed E-state index contributed by atoms with van der Waals surface area (Å²) in [4.78, 5) is 0. The molecule has 2 fully saturated rings. The van der Waals surface area contributed by atoms with Crippen LogP contribution in [0.1, 0.15) is 47.0 Å². The monoisotopic (exact) mass is 208 g/mol. The largest absolute Gasteiger partial charge is 0.124 e. The quantitative estimate of drug-likeness (QED) is 0.519. The summed E-state index contributed by atoms with van der Waals surface area (Å²) < 4.78 is -0.410. The lowest BCUT2D eigenvalue weighted by atomic mass is 10.2. The molecule has 0 amide bonds. The van der Waals surface area contributed by atoms with Gasteiger partial charge in [-0.3, -0.25) is 0 Å². The summed E-state index contributed by atoms with van der Waals surface area (Å²) in [6.07, 6.45) is 3.84. The average Bonchev–Trinajstić information content (AvgIpc) is 2.54. The van der Waals surface area contributed by atoms with E-state index in [-0.39, 0.29) is 5.41 Å². The van der Waals surface area contributed by atoms with Gasteiger partial charge in [-0.1, -0.05) is 27.7 Å². The van der Waals surface area contributed by atoms with Crippen LogP contribution in [-0.4, -0.2) is 4.33 Å². The molecule has 0 heterocycles. The lowest BCUT2D eigenvalue weighted by Crippen LogP contribution is -1.96. The van der Waals surface area contributed by atoms with Gasteiger partial charge in [-0.15, -0.1) is 23.2 Å². The third kappa shape index (κ3) is 2.81. The SMILES string of the molecule is CC1(C)CC1.CC1(C)CC1(Cl)Cl. The molecule has 2 aliphatic carbocycles. The maximum absolute atomic E-state index is 5.70. The number of halogens is 2. The Hall–Kier alpha value is 0.580. The second-order valence-corrected chi connectivity index (χ2v) is 6.91. The molecule has 0 unspecified atom stereocenters. The van der Waals surface area contributed by atoms with Crippen LogP contribution in [0, 0.1) is 10.8 Å². The first-order valence-corrected chi connectivity index (χ1v) is 5.30. The van der Waals surface area contributed by atoms with Crippen LogP contribution in [0.4, 0.5) is 0 Å². The van der Waals surface area contributed by atoms with E-state index in [0.717, 1.165) is 11.8 Å². The van der Waals surface area contributed by atoms with Crippen LogP contribution in [0.2, 0.25) is 0 Å². The van der Waals surface area contributed by atoms with Crippen LogP contribution in [0.5, 0.6) is 0 Å². The van der Waals surface area contributed by atoms with Gasteiger partial charge in [0.25, 0.3) is 0 Å². The zero-order chi connectivity index (χ0) is 9.62. The van der Waals surface area contributed by atoms with Gasteiger partial charge in [0.2, 0.25) is 0 Å². The Morgan fingerprint density at radius 1 is 0.917 bits per heavy atom. The summed E-state index contributed by atoms with van der Waals surface area (Å²) >= 11 is 11.4. The Bertz CT molecular complexity index is 162. The average molecular weight is 209 g/mol. The molecule has 12 heavy (non-hydrogen) atoms. The van der Waals surface area contributed by atoms with Crippen LogP contribution in [-0.2, 0) is 0 Å². The Morgan fingerprint density at radius 2 is 1.08 bits per heavy atom. The Morgan fingerprint density at radius 3 is 1.08 bits per heavy atom. The van der Waals surface area contributed by atoms with E-state index >= 15 is 0 Å². The van der Waals surface area contributed by atoms with Crippen molar-refractivity contribution in [3.8, 4) is 0 Å². The van der Waals surface area contributed by atoms with Crippen LogP contribution < -0.4 is 0 Å². The van der Waals surface area contributed by atoms with E-state index in [1.807, 2.05) is 0 Å². The van der Waals surface area contributed by atoms with Gasteiger partial charge in [0.1, 0.15) is 4.33 Å². The third-order valence-corrected chi connectivity index (χ3v) is 4.07. The fraction of sp³-hybridized carbons (Fsp3) is 1.00. The molecule has 2 heteroatoms. The number of hydrogen-bond acceptors (Lipinski definition) is 0. The van der Waals surface area contributed by atoms with E-state index in [2.05, 4.69) is 27.7 Å². The molecule has 0 aromatic heterocycles. The van der Waals surface area contributed by atoms with Crippen molar-refractivity contribution in [3.05, 3.63) is 0 Å². The molecule has 0 atom stereocenters. The number of hydrogen-bond donors (Lipinski definition) is 0. The van der Waals surface area contributed by atoms with Crippen LogP contribution >= 0.6 is 23.2 Å². The molecule has 0 aliphatic heterocycles. The van der Waals surface area contributed by atoms with Crippen molar-refractivity contribution in [2.24, 2.45) is 10.8 Å². The van der Waals surface area contributed by atoms with Crippen molar-refractivity contribution in [2.75, 3.05) is 0 Å². The van der Waals surface area contributed by atoms with E-state index in [1.165, 1.54) is 12.8 Å². The highest BCUT2D eigenvalue weighted by atomic mass is 35.5. The Balaban J connectivity index is 0.000000127. The van der Waals surface area contributed by atoms with E-state index < -0.39 is 4.33 Å². The lowest BCUT2D eigenvalue weighted by Gasteiger charge is -1.99. The number of alkyl halides is 2. The van der Waals surface area contributed by atoms with Gasteiger partial charge in [-0.2, -0.15) is 0 Å². The molecule has 2 saturated carbocycles. The Kier molecular flexibility index (Phi) is 2.47. The maximum Gasteiger partial charge on any atom is 0.124 e. The van der Waals surface area contributed by atoms with Crippen LogP contribution in [0.15, 0.2) is 0 Å². The first kappa shape index (κ1) is 10.7. The summed E-state index contributed by atoms with van der Waals surface area (Å²) in [5, 5.41) is 0. The predicted octanol–water partition coefficient (Wildman–Crippen LogP) is 4.40. The first-order chi connectivity index (χ1) is 5.16. The second kappa shape index (κ2) is 2.78. The first-order valence-electron chi connectivity index (χ1n) is 4.54. The molecule has 2 aliphatic rings. The summed E-state index contributed by atoms with van der Waals surface area (Å²) in [5.41, 5.74) is 0.927.